The Morgan fingerprint density at radius 1 is 1.09 bits per heavy atom. The van der Waals surface area contributed by atoms with Crippen LogP contribution in [0.4, 0.5) is 16.2 Å². The molecule has 0 spiro atoms. The zero-order valence-corrected chi connectivity index (χ0v) is 12.8. The number of nitrogens with one attached hydrogen (secondary N) is 2. The molecule has 2 amide bonds. The summed E-state index contributed by atoms with van der Waals surface area (Å²) < 4.78 is 0. The van der Waals surface area contributed by atoms with E-state index in [1.165, 1.54) is 0 Å². The second-order valence-corrected chi connectivity index (χ2v) is 5.48. The largest absolute Gasteiger partial charge is 0.387 e. The maximum absolute atomic E-state index is 12.1. The van der Waals surface area contributed by atoms with Crippen molar-refractivity contribution in [2.75, 3.05) is 10.6 Å². The molecular weight excluding hydrogens is 288 g/mol. The van der Waals surface area contributed by atoms with Gasteiger partial charge in [0, 0.05) is 24.0 Å². The summed E-state index contributed by atoms with van der Waals surface area (Å²) in [6, 6.07) is 15.0. The Balaban J connectivity index is 1.66. The second-order valence-electron chi connectivity index (χ2n) is 5.48. The molecule has 23 heavy (non-hydrogen) atoms. The van der Waals surface area contributed by atoms with Crippen LogP contribution in [0.2, 0.25) is 0 Å². The van der Waals surface area contributed by atoms with Crippen molar-refractivity contribution in [3.05, 3.63) is 65.9 Å². The van der Waals surface area contributed by atoms with E-state index < -0.39 is 0 Å². The Morgan fingerprint density at radius 2 is 1.83 bits per heavy atom. The normalized spacial score (nSPS) is 13.3. The zero-order chi connectivity index (χ0) is 16.2. The number of hydrogen-bond donors (Lipinski definition) is 3. The van der Waals surface area contributed by atoms with Crippen LogP contribution >= 0.6 is 0 Å². The molecule has 5 heteroatoms. The molecule has 5 nitrogen and oxygen atoms in total. The highest BCUT2D eigenvalue weighted by molar-refractivity contribution is 6.00. The molecule has 1 aliphatic heterocycles. The van der Waals surface area contributed by atoms with E-state index in [-0.39, 0.29) is 6.03 Å². The number of urea groups is 1. The van der Waals surface area contributed by atoms with Crippen molar-refractivity contribution >= 4 is 28.8 Å². The average Bonchev–Trinajstić information content (AvgIpc) is 2.96. The summed E-state index contributed by atoms with van der Waals surface area (Å²) in [5.41, 5.74) is 10.4. The van der Waals surface area contributed by atoms with Crippen molar-refractivity contribution in [1.82, 2.24) is 0 Å². The van der Waals surface area contributed by atoms with E-state index in [1.54, 1.807) is 6.20 Å². The summed E-state index contributed by atoms with van der Waals surface area (Å²) in [6.45, 7) is 2.00. The maximum Gasteiger partial charge on any atom is 0.323 e. The Kier molecular flexibility index (Phi) is 4.10. The fraction of sp³-hybridized carbons (Fsp3) is 0.111. The van der Waals surface area contributed by atoms with E-state index >= 15 is 0 Å². The topological polar surface area (TPSA) is 79.5 Å². The number of anilines is 2. The maximum atomic E-state index is 12.1. The first-order chi connectivity index (χ1) is 11.1. The van der Waals surface area contributed by atoms with Gasteiger partial charge in [0.05, 0.1) is 0 Å². The molecule has 0 aliphatic carbocycles. The van der Waals surface area contributed by atoms with Gasteiger partial charge in [-0.1, -0.05) is 29.8 Å². The number of nitrogens with two attached hydrogens (primary N) is 1. The fourth-order valence-corrected chi connectivity index (χ4v) is 2.35. The molecule has 0 saturated carbocycles. The molecular formula is C18H18N4O. The predicted molar refractivity (Wildman–Crippen MR) is 94.5 cm³/mol. The first kappa shape index (κ1) is 14.8. The van der Waals surface area contributed by atoms with Gasteiger partial charge < -0.3 is 16.4 Å². The lowest BCUT2D eigenvalue weighted by molar-refractivity contribution is 0.262. The SMILES string of the molecule is Cc1ccc(NC(=O)Nc2cccc(C3=CN=C(N)C3)c2)cc1. The summed E-state index contributed by atoms with van der Waals surface area (Å²) in [7, 11) is 0. The third-order valence-corrected chi connectivity index (χ3v) is 3.56. The van der Waals surface area contributed by atoms with E-state index in [2.05, 4.69) is 15.6 Å². The van der Waals surface area contributed by atoms with Crippen molar-refractivity contribution in [3.63, 3.8) is 0 Å². The first-order valence-electron chi connectivity index (χ1n) is 7.36. The number of rotatable bonds is 3. The molecule has 2 aromatic carbocycles. The number of aryl methyl sites for hydroxylation is 1. The van der Waals surface area contributed by atoms with Crippen LogP contribution in [-0.2, 0) is 0 Å². The van der Waals surface area contributed by atoms with Gasteiger partial charge in [-0.3, -0.25) is 0 Å². The van der Waals surface area contributed by atoms with Crippen LogP contribution in [0.1, 0.15) is 17.5 Å². The van der Waals surface area contributed by atoms with Crippen molar-refractivity contribution in [1.29, 1.82) is 0 Å². The molecule has 116 valence electrons. The summed E-state index contributed by atoms with van der Waals surface area (Å²) in [5, 5.41) is 5.64. The predicted octanol–water partition coefficient (Wildman–Crippen LogP) is 3.74. The number of nitrogens with zero attached hydrogens (tertiary/aromatic N) is 1. The minimum absolute atomic E-state index is 0.276. The molecule has 0 aromatic heterocycles. The monoisotopic (exact) mass is 306 g/mol. The molecule has 0 saturated heterocycles. The number of amidine groups is 1. The summed E-state index contributed by atoms with van der Waals surface area (Å²) in [5.74, 6) is 0.607. The summed E-state index contributed by atoms with van der Waals surface area (Å²) in [6.07, 6.45) is 2.40. The molecule has 0 atom stereocenters. The minimum atomic E-state index is -0.276. The molecule has 0 radical (unpaired) electrons. The smallest absolute Gasteiger partial charge is 0.323 e. The molecule has 1 heterocycles. The van der Waals surface area contributed by atoms with Crippen molar-refractivity contribution < 1.29 is 4.79 Å². The number of amides is 2. The van der Waals surface area contributed by atoms with Crippen molar-refractivity contribution in [2.45, 2.75) is 13.3 Å². The molecule has 0 fully saturated rings. The Hall–Kier alpha value is -3.08. The van der Waals surface area contributed by atoms with E-state index in [0.29, 0.717) is 12.3 Å². The van der Waals surface area contributed by atoms with Crippen LogP contribution in [0.5, 0.6) is 0 Å². The molecule has 0 bridgehead atoms. The highest BCUT2D eigenvalue weighted by atomic mass is 16.2. The Bertz CT molecular complexity index is 791. The number of carbonyl (C=O) groups is 1. The Labute approximate surface area is 134 Å². The van der Waals surface area contributed by atoms with Gasteiger partial charge in [0.25, 0.3) is 0 Å². The third-order valence-electron chi connectivity index (χ3n) is 3.56. The zero-order valence-electron chi connectivity index (χ0n) is 12.8. The molecule has 0 unspecified atom stereocenters. The quantitative estimate of drug-likeness (QED) is 0.807. The van der Waals surface area contributed by atoms with Crippen LogP contribution in [-0.4, -0.2) is 11.9 Å². The van der Waals surface area contributed by atoms with Crippen LogP contribution in [0.25, 0.3) is 5.57 Å². The van der Waals surface area contributed by atoms with E-state index in [0.717, 1.165) is 28.1 Å². The molecule has 4 N–H and O–H groups in total. The van der Waals surface area contributed by atoms with Crippen molar-refractivity contribution in [2.24, 2.45) is 10.7 Å². The summed E-state index contributed by atoms with van der Waals surface area (Å²) in [4.78, 5) is 16.2. The molecule has 2 aromatic rings. The van der Waals surface area contributed by atoms with Gasteiger partial charge in [0.1, 0.15) is 5.84 Å². The highest BCUT2D eigenvalue weighted by Crippen LogP contribution is 2.24. The molecule has 3 rings (SSSR count). The van der Waals surface area contributed by atoms with Gasteiger partial charge >= 0.3 is 6.03 Å². The first-order valence-corrected chi connectivity index (χ1v) is 7.36. The van der Waals surface area contributed by atoms with E-state index in [9.17, 15) is 4.79 Å². The van der Waals surface area contributed by atoms with Gasteiger partial charge in [0.15, 0.2) is 0 Å². The van der Waals surface area contributed by atoms with Crippen LogP contribution in [0.3, 0.4) is 0 Å². The minimum Gasteiger partial charge on any atom is -0.387 e. The van der Waals surface area contributed by atoms with Crippen LogP contribution in [0.15, 0.2) is 59.7 Å². The fourth-order valence-electron chi connectivity index (χ4n) is 2.35. The third kappa shape index (κ3) is 3.77. The van der Waals surface area contributed by atoms with Gasteiger partial charge in [-0.15, -0.1) is 0 Å². The second kappa shape index (κ2) is 6.36. The van der Waals surface area contributed by atoms with Gasteiger partial charge in [-0.2, -0.15) is 0 Å². The lowest BCUT2D eigenvalue weighted by Crippen LogP contribution is -2.19. The van der Waals surface area contributed by atoms with Crippen LogP contribution in [0, 0.1) is 6.92 Å². The van der Waals surface area contributed by atoms with E-state index in [4.69, 9.17) is 5.73 Å². The number of aliphatic imine (C=N–C) groups is 1. The lowest BCUT2D eigenvalue weighted by Gasteiger charge is -2.09. The highest BCUT2D eigenvalue weighted by Gasteiger charge is 2.10. The van der Waals surface area contributed by atoms with Gasteiger partial charge in [-0.25, -0.2) is 9.79 Å². The average molecular weight is 306 g/mol. The summed E-state index contributed by atoms with van der Waals surface area (Å²) >= 11 is 0. The number of hydrogen-bond acceptors (Lipinski definition) is 3. The standard InChI is InChI=1S/C18H18N4O/c1-12-5-7-15(8-6-12)21-18(23)22-16-4-2-3-13(9-16)14-10-17(19)20-11-14/h2-9,11H,10H2,1H3,(H2,19,20)(H2,21,22,23). The number of carbonyl (C=O) groups excluding carboxylic acids is 1. The van der Waals surface area contributed by atoms with Gasteiger partial charge in [0.2, 0.25) is 0 Å². The van der Waals surface area contributed by atoms with Crippen LogP contribution < -0.4 is 16.4 Å². The van der Waals surface area contributed by atoms with Crippen molar-refractivity contribution in [3.8, 4) is 0 Å². The lowest BCUT2D eigenvalue weighted by atomic mass is 10.0. The number of benzene rings is 2. The Morgan fingerprint density at radius 3 is 2.52 bits per heavy atom. The van der Waals surface area contributed by atoms with E-state index in [1.807, 2.05) is 55.5 Å². The van der Waals surface area contributed by atoms with Gasteiger partial charge in [-0.05, 0) is 42.3 Å². The molecule has 1 aliphatic rings.